The van der Waals surface area contributed by atoms with Gasteiger partial charge in [0.05, 0.1) is 23.0 Å². The van der Waals surface area contributed by atoms with Crippen LogP contribution in [0.5, 0.6) is 0 Å². The molecule has 0 aromatic heterocycles. The van der Waals surface area contributed by atoms with Crippen LogP contribution in [-0.2, 0) is 15.0 Å². The van der Waals surface area contributed by atoms with E-state index < -0.39 is 21.4 Å². The Labute approximate surface area is 128 Å². The van der Waals surface area contributed by atoms with Crippen LogP contribution < -0.4 is 10.2 Å². The Bertz CT molecular complexity index is 727. The van der Waals surface area contributed by atoms with Gasteiger partial charge in [0.1, 0.15) is 5.25 Å². The predicted molar refractivity (Wildman–Crippen MR) is 80.7 cm³/mol. The normalized spacial score (nSPS) is 18.3. The molecule has 1 aromatic rings. The van der Waals surface area contributed by atoms with Gasteiger partial charge in [-0.3, -0.25) is 4.79 Å². The van der Waals surface area contributed by atoms with E-state index in [2.05, 4.69) is 5.32 Å². The van der Waals surface area contributed by atoms with E-state index in [9.17, 15) is 17.1 Å². The zero-order valence-corrected chi connectivity index (χ0v) is 12.9. The molecule has 118 valence electrons. The van der Waals surface area contributed by atoms with Gasteiger partial charge in [0.15, 0.2) is 0 Å². The number of hydrogen-bond acceptors (Lipinski definition) is 5. The van der Waals surface area contributed by atoms with Crippen LogP contribution in [0.2, 0.25) is 0 Å². The molecule has 0 radical (unpaired) electrons. The first-order valence-corrected chi connectivity index (χ1v) is 8.33. The fourth-order valence-electron chi connectivity index (χ4n) is 2.33. The molecule has 22 heavy (non-hydrogen) atoms. The lowest BCUT2D eigenvalue weighted by Gasteiger charge is -2.21. The van der Waals surface area contributed by atoms with Gasteiger partial charge in [0, 0.05) is 19.5 Å². The third-order valence-corrected chi connectivity index (χ3v) is 4.58. The zero-order valence-electron chi connectivity index (χ0n) is 12.0. The molecule has 1 atom stereocenters. The number of carbonyl (C=O) groups is 1. The minimum atomic E-state index is -4.77. The third kappa shape index (κ3) is 3.36. The smallest absolute Gasteiger partial charge is 0.307 e. The van der Waals surface area contributed by atoms with Gasteiger partial charge < -0.3 is 10.2 Å². The topological polar surface area (TPSA) is 90.3 Å². The van der Waals surface area contributed by atoms with Crippen molar-refractivity contribution in [3.05, 3.63) is 23.8 Å². The third-order valence-electron chi connectivity index (χ3n) is 3.47. The van der Waals surface area contributed by atoms with E-state index in [0.717, 1.165) is 6.42 Å². The molecule has 1 heterocycles. The summed E-state index contributed by atoms with van der Waals surface area (Å²) in [5.41, 5.74) is 1.37. The summed E-state index contributed by atoms with van der Waals surface area (Å²) < 4.78 is 35.2. The van der Waals surface area contributed by atoms with Gasteiger partial charge in [-0.2, -0.15) is 13.7 Å². The number of carbonyl (C=O) groups excluding carboxylic acids is 1. The molecule has 8 heteroatoms. The number of nitrogens with one attached hydrogen (secondary N) is 1. The highest BCUT2D eigenvalue weighted by molar-refractivity contribution is 7.87. The van der Waals surface area contributed by atoms with Gasteiger partial charge >= 0.3 is 10.2 Å². The molecule has 2 rings (SSSR count). The lowest BCUT2D eigenvalue weighted by Crippen LogP contribution is -2.28. The highest BCUT2D eigenvalue weighted by Crippen LogP contribution is 2.32. The Morgan fingerprint density at radius 3 is 2.77 bits per heavy atom. The van der Waals surface area contributed by atoms with Crippen LogP contribution in [-0.4, -0.2) is 32.7 Å². The number of rotatable bonds is 5. The fourth-order valence-corrected chi connectivity index (χ4v) is 3.00. The molecule has 1 unspecified atom stereocenters. The summed E-state index contributed by atoms with van der Waals surface area (Å²) in [6.45, 7) is 2.39. The highest BCUT2D eigenvalue weighted by atomic mass is 32.3. The Morgan fingerprint density at radius 2 is 2.23 bits per heavy atom. The van der Waals surface area contributed by atoms with E-state index in [4.69, 9.17) is 5.26 Å². The number of nitriles is 1. The molecule has 0 aliphatic carbocycles. The molecule has 0 spiro atoms. The van der Waals surface area contributed by atoms with Crippen molar-refractivity contribution in [1.29, 1.82) is 5.26 Å². The lowest BCUT2D eigenvalue weighted by atomic mass is 10.1. The lowest BCUT2D eigenvalue weighted by molar-refractivity contribution is -0.117. The average Bonchev–Trinajstić information content (AvgIpc) is 2.87. The quantitative estimate of drug-likeness (QED) is 0.834. The van der Waals surface area contributed by atoms with Crippen molar-refractivity contribution in [2.75, 3.05) is 23.3 Å². The van der Waals surface area contributed by atoms with Crippen LogP contribution in [0.3, 0.4) is 0 Å². The summed E-state index contributed by atoms with van der Waals surface area (Å²) in [4.78, 5) is 13.3. The fraction of sp³-hybridized carbons (Fsp3) is 0.429. The molecule has 1 aromatic carbocycles. The Balaban J connectivity index is 2.38. The van der Waals surface area contributed by atoms with Crippen molar-refractivity contribution >= 4 is 27.5 Å². The van der Waals surface area contributed by atoms with Gasteiger partial charge in [0.25, 0.3) is 0 Å². The number of amides is 1. The molecule has 6 nitrogen and oxygen atoms in total. The summed E-state index contributed by atoms with van der Waals surface area (Å²) >= 11 is 0. The highest BCUT2D eigenvalue weighted by Gasteiger charge is 2.39. The van der Waals surface area contributed by atoms with Crippen molar-refractivity contribution < 1.29 is 17.1 Å². The van der Waals surface area contributed by atoms with Crippen molar-refractivity contribution in [3.63, 3.8) is 0 Å². The monoisotopic (exact) mass is 325 g/mol. The first kappa shape index (κ1) is 16.2. The van der Waals surface area contributed by atoms with Crippen LogP contribution in [0.15, 0.2) is 18.2 Å². The van der Waals surface area contributed by atoms with Crippen LogP contribution in [0.25, 0.3) is 0 Å². The summed E-state index contributed by atoms with van der Waals surface area (Å²) in [5.74, 6) is -0.471. The van der Waals surface area contributed by atoms with Gasteiger partial charge in [-0.15, -0.1) is 3.89 Å². The maximum Gasteiger partial charge on any atom is 0.307 e. The first-order valence-electron chi connectivity index (χ1n) is 6.88. The van der Waals surface area contributed by atoms with Crippen molar-refractivity contribution in [1.82, 2.24) is 0 Å². The van der Waals surface area contributed by atoms with Gasteiger partial charge in [-0.05, 0) is 24.6 Å². The molecular weight excluding hydrogens is 309 g/mol. The van der Waals surface area contributed by atoms with Gasteiger partial charge in [-0.25, -0.2) is 0 Å². The maximum atomic E-state index is 13.1. The molecule has 1 aliphatic rings. The Hall–Kier alpha value is -2.14. The standard InChI is InChI=1S/C14H16FN3O3S/c1-2-5-17-12-4-3-10(8-16)6-13(12)18-9-11(7-14(18)19)22(15,20)21/h3-4,6,11,17H,2,5,7,9H2,1H3. The van der Waals surface area contributed by atoms with Crippen molar-refractivity contribution in [2.24, 2.45) is 0 Å². The second-order valence-corrected chi connectivity index (χ2v) is 6.69. The first-order chi connectivity index (χ1) is 10.4. The second kappa shape index (κ2) is 6.32. The van der Waals surface area contributed by atoms with Crippen LogP contribution >= 0.6 is 0 Å². The van der Waals surface area contributed by atoms with Crippen molar-refractivity contribution in [2.45, 2.75) is 25.0 Å². The van der Waals surface area contributed by atoms with E-state index in [-0.39, 0.29) is 13.0 Å². The Kier molecular flexibility index (Phi) is 4.66. The van der Waals surface area contributed by atoms with Crippen molar-refractivity contribution in [3.8, 4) is 6.07 Å². The van der Waals surface area contributed by atoms with Crippen LogP contribution in [0, 0.1) is 11.3 Å². The molecular formula is C14H16FN3O3S. The van der Waals surface area contributed by atoms with E-state index in [1.165, 1.54) is 11.0 Å². The molecule has 1 fully saturated rings. The minimum Gasteiger partial charge on any atom is -0.383 e. The Morgan fingerprint density at radius 1 is 1.50 bits per heavy atom. The van der Waals surface area contributed by atoms with E-state index in [1.807, 2.05) is 13.0 Å². The van der Waals surface area contributed by atoms with Crippen LogP contribution in [0.4, 0.5) is 15.3 Å². The summed E-state index contributed by atoms with van der Waals surface area (Å²) in [6, 6.07) is 6.74. The summed E-state index contributed by atoms with van der Waals surface area (Å²) in [6.07, 6.45) is 0.470. The molecule has 0 saturated carbocycles. The minimum absolute atomic E-state index is 0.243. The molecule has 1 amide bonds. The maximum absolute atomic E-state index is 13.1. The van der Waals surface area contributed by atoms with Gasteiger partial charge in [0.2, 0.25) is 5.91 Å². The van der Waals surface area contributed by atoms with Crippen LogP contribution in [0.1, 0.15) is 25.3 Å². The summed E-state index contributed by atoms with van der Waals surface area (Å²) in [7, 11) is -4.77. The predicted octanol–water partition coefficient (Wildman–Crippen LogP) is 1.78. The number of hydrogen-bond donors (Lipinski definition) is 1. The SMILES string of the molecule is CCCNc1ccc(C#N)cc1N1CC(S(=O)(=O)F)CC1=O. The molecule has 1 saturated heterocycles. The van der Waals surface area contributed by atoms with E-state index >= 15 is 0 Å². The average molecular weight is 325 g/mol. The zero-order chi connectivity index (χ0) is 16.3. The number of halogens is 1. The molecule has 0 bridgehead atoms. The number of anilines is 2. The molecule has 1 aliphatic heterocycles. The second-order valence-electron chi connectivity index (χ2n) is 5.08. The molecule has 1 N–H and O–H groups in total. The van der Waals surface area contributed by atoms with Gasteiger partial charge in [-0.1, -0.05) is 6.92 Å². The number of nitrogens with zero attached hydrogens (tertiary/aromatic N) is 2. The summed E-state index contributed by atoms with van der Waals surface area (Å²) in [5, 5.41) is 10.8. The van der Waals surface area contributed by atoms with E-state index in [0.29, 0.717) is 23.5 Å². The largest absolute Gasteiger partial charge is 0.383 e. The van der Waals surface area contributed by atoms with E-state index in [1.54, 1.807) is 12.1 Å². The number of benzene rings is 1.